The number of nitrogens with zero attached hydrogens (tertiary/aromatic N) is 4. The molecular formula is C9H10N6O2S. The average molecular weight is 266 g/mol. The molecule has 2 aromatic heterocycles. The van der Waals surface area contributed by atoms with Crippen LogP contribution in [0.5, 0.6) is 0 Å². The van der Waals surface area contributed by atoms with E-state index in [1.54, 1.807) is 17.0 Å². The van der Waals surface area contributed by atoms with Crippen LogP contribution in [0.2, 0.25) is 0 Å². The quantitative estimate of drug-likeness (QED) is 0.485. The first-order valence-corrected chi connectivity index (χ1v) is 5.70. The van der Waals surface area contributed by atoms with E-state index < -0.39 is 4.92 Å². The SMILES string of the molecule is Cn1ccnc1Sc1cc([N+](=O)[O-])cc(NN)n1. The fourth-order valence-electron chi connectivity index (χ4n) is 1.27. The number of nitrogens with two attached hydrogens (primary N) is 1. The number of nitrogens with one attached hydrogen (secondary N) is 1. The summed E-state index contributed by atoms with van der Waals surface area (Å²) in [4.78, 5) is 18.5. The summed E-state index contributed by atoms with van der Waals surface area (Å²) in [6, 6.07) is 2.64. The maximum atomic E-state index is 10.8. The van der Waals surface area contributed by atoms with E-state index in [0.717, 1.165) is 0 Å². The van der Waals surface area contributed by atoms with Gasteiger partial charge in [-0.25, -0.2) is 15.8 Å². The van der Waals surface area contributed by atoms with Gasteiger partial charge < -0.3 is 9.99 Å². The van der Waals surface area contributed by atoms with E-state index in [1.807, 2.05) is 7.05 Å². The van der Waals surface area contributed by atoms with Gasteiger partial charge in [0.05, 0.1) is 11.0 Å². The Morgan fingerprint density at radius 3 is 2.89 bits per heavy atom. The minimum Gasteiger partial charge on any atom is -0.329 e. The molecule has 2 rings (SSSR count). The summed E-state index contributed by atoms with van der Waals surface area (Å²) in [6.45, 7) is 0. The Bertz CT molecular complexity index is 584. The number of nitro groups is 1. The van der Waals surface area contributed by atoms with E-state index in [2.05, 4.69) is 15.4 Å². The number of rotatable bonds is 4. The number of pyridine rings is 1. The standard InChI is InChI=1S/C9H10N6O2S/c1-14-3-2-11-9(14)18-8-5-6(15(16)17)4-7(12-8)13-10/h2-5H,10H2,1H3,(H,12,13). The minimum absolute atomic E-state index is 0.0744. The monoisotopic (exact) mass is 266 g/mol. The lowest BCUT2D eigenvalue weighted by Crippen LogP contribution is -2.09. The van der Waals surface area contributed by atoms with Crippen LogP contribution in [0.4, 0.5) is 11.5 Å². The van der Waals surface area contributed by atoms with Crippen LogP contribution in [0.3, 0.4) is 0 Å². The highest BCUT2D eigenvalue weighted by Gasteiger charge is 2.13. The first kappa shape index (κ1) is 12.3. The molecule has 94 valence electrons. The zero-order valence-corrected chi connectivity index (χ0v) is 10.2. The fourth-order valence-corrected chi connectivity index (χ4v) is 2.10. The van der Waals surface area contributed by atoms with Gasteiger partial charge in [0, 0.05) is 25.5 Å². The minimum atomic E-state index is -0.495. The molecule has 0 unspecified atom stereocenters. The molecular weight excluding hydrogens is 256 g/mol. The molecule has 2 aromatic rings. The predicted octanol–water partition coefficient (Wildman–Crippen LogP) is 1.16. The zero-order chi connectivity index (χ0) is 13.1. The molecule has 0 aliphatic carbocycles. The molecule has 0 saturated carbocycles. The van der Waals surface area contributed by atoms with Gasteiger partial charge in [0.15, 0.2) is 5.16 Å². The van der Waals surface area contributed by atoms with Crippen molar-refractivity contribution >= 4 is 23.3 Å². The zero-order valence-electron chi connectivity index (χ0n) is 9.40. The molecule has 0 bridgehead atoms. The van der Waals surface area contributed by atoms with E-state index in [-0.39, 0.29) is 11.5 Å². The second-order valence-corrected chi connectivity index (χ2v) is 4.36. The van der Waals surface area contributed by atoms with Crippen molar-refractivity contribution in [2.45, 2.75) is 10.2 Å². The highest BCUT2D eigenvalue weighted by Crippen LogP contribution is 2.28. The van der Waals surface area contributed by atoms with Crippen molar-refractivity contribution in [1.29, 1.82) is 0 Å². The lowest BCUT2D eigenvalue weighted by atomic mass is 10.4. The summed E-state index contributed by atoms with van der Waals surface area (Å²) in [5.41, 5.74) is 2.23. The Morgan fingerprint density at radius 2 is 2.33 bits per heavy atom. The number of hydrogen-bond donors (Lipinski definition) is 2. The second kappa shape index (κ2) is 5.02. The van der Waals surface area contributed by atoms with Crippen LogP contribution in [0.25, 0.3) is 0 Å². The van der Waals surface area contributed by atoms with Gasteiger partial charge >= 0.3 is 0 Å². The summed E-state index contributed by atoms with van der Waals surface area (Å²) in [5, 5.41) is 11.9. The molecule has 8 nitrogen and oxygen atoms in total. The van der Waals surface area contributed by atoms with Gasteiger partial charge in [0.2, 0.25) is 0 Å². The van der Waals surface area contributed by atoms with Crippen LogP contribution in [0.1, 0.15) is 0 Å². The number of hydrogen-bond acceptors (Lipinski definition) is 7. The fraction of sp³-hybridized carbons (Fsp3) is 0.111. The molecule has 0 radical (unpaired) electrons. The summed E-state index contributed by atoms with van der Waals surface area (Å²) >= 11 is 1.22. The summed E-state index contributed by atoms with van der Waals surface area (Å²) in [6.07, 6.45) is 3.42. The highest BCUT2D eigenvalue weighted by molar-refractivity contribution is 7.99. The number of nitrogen functional groups attached to an aromatic ring is 1. The molecule has 3 N–H and O–H groups in total. The first-order chi connectivity index (χ1) is 8.60. The Hall–Kier alpha value is -2.13. The van der Waals surface area contributed by atoms with Crippen molar-refractivity contribution in [2.75, 3.05) is 5.43 Å². The molecule has 0 saturated heterocycles. The van der Waals surface area contributed by atoms with E-state index in [1.165, 1.54) is 23.9 Å². The lowest BCUT2D eigenvalue weighted by Gasteiger charge is -2.04. The van der Waals surface area contributed by atoms with Gasteiger partial charge in [-0.3, -0.25) is 10.1 Å². The number of imidazole rings is 1. The van der Waals surface area contributed by atoms with Gasteiger partial charge in [-0.1, -0.05) is 0 Å². The Morgan fingerprint density at radius 1 is 1.56 bits per heavy atom. The first-order valence-electron chi connectivity index (χ1n) is 4.88. The van der Waals surface area contributed by atoms with Crippen molar-refractivity contribution in [3.63, 3.8) is 0 Å². The van der Waals surface area contributed by atoms with Crippen molar-refractivity contribution in [2.24, 2.45) is 12.9 Å². The average Bonchev–Trinajstić information content (AvgIpc) is 2.74. The van der Waals surface area contributed by atoms with Gasteiger partial charge in [-0.05, 0) is 11.8 Å². The molecule has 0 aromatic carbocycles. The van der Waals surface area contributed by atoms with Crippen LogP contribution in [0, 0.1) is 10.1 Å². The molecule has 18 heavy (non-hydrogen) atoms. The Kier molecular flexibility index (Phi) is 3.44. The third kappa shape index (κ3) is 2.57. The van der Waals surface area contributed by atoms with Crippen LogP contribution >= 0.6 is 11.8 Å². The predicted molar refractivity (Wildman–Crippen MR) is 66.0 cm³/mol. The van der Waals surface area contributed by atoms with E-state index in [4.69, 9.17) is 5.84 Å². The van der Waals surface area contributed by atoms with Gasteiger partial charge in [-0.2, -0.15) is 0 Å². The largest absolute Gasteiger partial charge is 0.329 e. The van der Waals surface area contributed by atoms with E-state index in [0.29, 0.717) is 10.2 Å². The van der Waals surface area contributed by atoms with E-state index >= 15 is 0 Å². The van der Waals surface area contributed by atoms with Crippen molar-refractivity contribution in [3.05, 3.63) is 34.6 Å². The van der Waals surface area contributed by atoms with Crippen LogP contribution < -0.4 is 11.3 Å². The maximum absolute atomic E-state index is 10.8. The number of aryl methyl sites for hydroxylation is 1. The second-order valence-electron chi connectivity index (χ2n) is 3.37. The molecule has 0 amide bonds. The third-order valence-electron chi connectivity index (χ3n) is 2.12. The lowest BCUT2D eigenvalue weighted by molar-refractivity contribution is -0.385. The normalized spacial score (nSPS) is 10.3. The summed E-state index contributed by atoms with van der Waals surface area (Å²) in [7, 11) is 1.83. The van der Waals surface area contributed by atoms with Crippen molar-refractivity contribution in [1.82, 2.24) is 14.5 Å². The van der Waals surface area contributed by atoms with Crippen LogP contribution in [-0.4, -0.2) is 19.5 Å². The smallest absolute Gasteiger partial charge is 0.275 e. The number of anilines is 1. The maximum Gasteiger partial charge on any atom is 0.275 e. The Labute approximate surface area is 106 Å². The molecule has 0 aliphatic heterocycles. The molecule has 2 heterocycles. The highest BCUT2D eigenvalue weighted by atomic mass is 32.2. The molecule has 0 atom stereocenters. The van der Waals surface area contributed by atoms with Gasteiger partial charge in [0.25, 0.3) is 5.69 Å². The molecule has 9 heteroatoms. The van der Waals surface area contributed by atoms with Gasteiger partial charge in [0.1, 0.15) is 10.8 Å². The van der Waals surface area contributed by atoms with Crippen molar-refractivity contribution < 1.29 is 4.92 Å². The molecule has 0 fully saturated rings. The molecule has 0 spiro atoms. The topological polar surface area (TPSA) is 112 Å². The van der Waals surface area contributed by atoms with Crippen LogP contribution in [-0.2, 0) is 7.05 Å². The van der Waals surface area contributed by atoms with E-state index in [9.17, 15) is 10.1 Å². The molecule has 0 aliphatic rings. The van der Waals surface area contributed by atoms with Gasteiger partial charge in [-0.15, -0.1) is 0 Å². The van der Waals surface area contributed by atoms with Crippen LogP contribution in [0.15, 0.2) is 34.7 Å². The number of hydrazine groups is 1. The summed E-state index contributed by atoms with van der Waals surface area (Å²) < 4.78 is 1.79. The summed E-state index contributed by atoms with van der Waals surface area (Å²) in [5.74, 6) is 5.46. The Balaban J connectivity index is 2.35. The van der Waals surface area contributed by atoms with Crippen molar-refractivity contribution in [3.8, 4) is 0 Å². The third-order valence-corrected chi connectivity index (χ3v) is 3.11. The number of aromatic nitrogens is 3.